The first kappa shape index (κ1) is 12.6. The summed E-state index contributed by atoms with van der Waals surface area (Å²) in [6.45, 7) is 0.350. The third-order valence-corrected chi connectivity index (χ3v) is 2.92. The first-order valence-electron chi connectivity index (χ1n) is 5.34. The zero-order chi connectivity index (χ0) is 13.0. The van der Waals surface area contributed by atoms with Crippen LogP contribution in [0.1, 0.15) is 15.9 Å². The lowest BCUT2D eigenvalue weighted by molar-refractivity contribution is 0.111. The van der Waals surface area contributed by atoms with Gasteiger partial charge in [-0.3, -0.25) is 4.79 Å². The SMILES string of the molecule is O=Cc1cc(Br)ccc1OCc1ccc(O)cc1. The van der Waals surface area contributed by atoms with Gasteiger partial charge in [0.1, 0.15) is 18.1 Å². The smallest absolute Gasteiger partial charge is 0.153 e. The number of hydrogen-bond acceptors (Lipinski definition) is 3. The predicted molar refractivity (Wildman–Crippen MR) is 72.0 cm³/mol. The van der Waals surface area contributed by atoms with Crippen molar-refractivity contribution in [3.63, 3.8) is 0 Å². The molecule has 0 atom stereocenters. The molecule has 0 heterocycles. The number of rotatable bonds is 4. The van der Waals surface area contributed by atoms with E-state index in [9.17, 15) is 4.79 Å². The van der Waals surface area contributed by atoms with Gasteiger partial charge in [-0.15, -0.1) is 0 Å². The number of phenols is 1. The fourth-order valence-electron chi connectivity index (χ4n) is 1.50. The Bertz CT molecular complexity index is 549. The standard InChI is InChI=1S/C14H11BrO3/c15-12-3-6-14(11(7-12)8-16)18-9-10-1-4-13(17)5-2-10/h1-8,17H,9H2. The molecule has 0 radical (unpaired) electrons. The predicted octanol–water partition coefficient (Wildman–Crippen LogP) is 3.55. The highest BCUT2D eigenvalue weighted by atomic mass is 79.9. The van der Waals surface area contributed by atoms with Gasteiger partial charge in [-0.05, 0) is 35.9 Å². The third-order valence-electron chi connectivity index (χ3n) is 2.43. The van der Waals surface area contributed by atoms with Crippen molar-refractivity contribution in [3.05, 3.63) is 58.1 Å². The van der Waals surface area contributed by atoms with Gasteiger partial charge < -0.3 is 9.84 Å². The van der Waals surface area contributed by atoms with Crippen molar-refractivity contribution in [1.82, 2.24) is 0 Å². The molecule has 0 aliphatic carbocycles. The lowest BCUT2D eigenvalue weighted by Crippen LogP contribution is -1.98. The number of aromatic hydroxyl groups is 1. The lowest BCUT2D eigenvalue weighted by Gasteiger charge is -2.08. The van der Waals surface area contributed by atoms with Crippen molar-refractivity contribution in [3.8, 4) is 11.5 Å². The maximum atomic E-state index is 10.9. The summed E-state index contributed by atoms with van der Waals surface area (Å²) in [5.41, 5.74) is 1.43. The Labute approximate surface area is 113 Å². The molecule has 3 nitrogen and oxygen atoms in total. The van der Waals surface area contributed by atoms with Crippen LogP contribution in [0, 0.1) is 0 Å². The van der Waals surface area contributed by atoms with Crippen molar-refractivity contribution in [2.24, 2.45) is 0 Å². The topological polar surface area (TPSA) is 46.5 Å². The lowest BCUT2D eigenvalue weighted by atomic mass is 10.2. The molecule has 0 amide bonds. The van der Waals surface area contributed by atoms with Crippen LogP contribution in [0.25, 0.3) is 0 Å². The minimum atomic E-state index is 0.218. The molecule has 0 aliphatic heterocycles. The monoisotopic (exact) mass is 306 g/mol. The summed E-state index contributed by atoms with van der Waals surface area (Å²) in [4.78, 5) is 10.9. The molecule has 0 bridgehead atoms. The van der Waals surface area contributed by atoms with Crippen molar-refractivity contribution in [2.75, 3.05) is 0 Å². The maximum Gasteiger partial charge on any atom is 0.153 e. The molecule has 1 N–H and O–H groups in total. The Kier molecular flexibility index (Phi) is 3.99. The minimum absolute atomic E-state index is 0.218. The van der Waals surface area contributed by atoms with Gasteiger partial charge in [0.15, 0.2) is 6.29 Å². The van der Waals surface area contributed by atoms with Crippen LogP contribution in [-0.4, -0.2) is 11.4 Å². The van der Waals surface area contributed by atoms with E-state index >= 15 is 0 Å². The number of phenolic OH excluding ortho intramolecular Hbond substituents is 1. The van der Waals surface area contributed by atoms with Gasteiger partial charge in [-0.2, -0.15) is 0 Å². The Morgan fingerprint density at radius 3 is 2.56 bits per heavy atom. The first-order chi connectivity index (χ1) is 8.69. The number of benzene rings is 2. The molecule has 0 aromatic heterocycles. The highest BCUT2D eigenvalue weighted by molar-refractivity contribution is 9.10. The maximum absolute atomic E-state index is 10.9. The molecular weight excluding hydrogens is 296 g/mol. The van der Waals surface area contributed by atoms with Gasteiger partial charge >= 0.3 is 0 Å². The molecule has 2 aromatic rings. The van der Waals surface area contributed by atoms with E-state index in [1.807, 2.05) is 6.07 Å². The van der Waals surface area contributed by atoms with Crippen LogP contribution in [0.15, 0.2) is 46.9 Å². The fraction of sp³-hybridized carbons (Fsp3) is 0.0714. The largest absolute Gasteiger partial charge is 0.508 e. The second kappa shape index (κ2) is 5.69. The summed E-state index contributed by atoms with van der Waals surface area (Å²) in [5, 5.41) is 9.16. The summed E-state index contributed by atoms with van der Waals surface area (Å²) < 4.78 is 6.41. The van der Waals surface area contributed by atoms with E-state index in [2.05, 4.69) is 15.9 Å². The molecule has 2 rings (SSSR count). The first-order valence-corrected chi connectivity index (χ1v) is 6.14. The van der Waals surface area contributed by atoms with E-state index < -0.39 is 0 Å². The average Bonchev–Trinajstić information content (AvgIpc) is 2.39. The van der Waals surface area contributed by atoms with Gasteiger partial charge in [0.2, 0.25) is 0 Å². The van der Waals surface area contributed by atoms with Crippen LogP contribution >= 0.6 is 15.9 Å². The van der Waals surface area contributed by atoms with Crippen LogP contribution < -0.4 is 4.74 Å². The van der Waals surface area contributed by atoms with E-state index in [0.717, 1.165) is 16.3 Å². The Balaban J connectivity index is 2.10. The van der Waals surface area contributed by atoms with Crippen LogP contribution in [0.3, 0.4) is 0 Å². The summed E-state index contributed by atoms with van der Waals surface area (Å²) in [6.07, 6.45) is 0.761. The van der Waals surface area contributed by atoms with Crippen molar-refractivity contribution in [2.45, 2.75) is 6.61 Å². The van der Waals surface area contributed by atoms with Crippen LogP contribution in [0.5, 0.6) is 11.5 Å². The number of carbonyl (C=O) groups excluding carboxylic acids is 1. The molecule has 2 aromatic carbocycles. The molecular formula is C14H11BrO3. The van der Waals surface area contributed by atoms with Gasteiger partial charge in [0.05, 0.1) is 5.56 Å². The number of halogens is 1. The van der Waals surface area contributed by atoms with E-state index in [4.69, 9.17) is 9.84 Å². The number of carbonyl (C=O) groups is 1. The van der Waals surface area contributed by atoms with Gasteiger partial charge in [0, 0.05) is 4.47 Å². The summed E-state index contributed by atoms with van der Waals surface area (Å²) in [5.74, 6) is 0.761. The third kappa shape index (κ3) is 3.11. The fourth-order valence-corrected chi connectivity index (χ4v) is 1.87. The van der Waals surface area contributed by atoms with Crippen LogP contribution in [-0.2, 0) is 6.61 Å². The van der Waals surface area contributed by atoms with Crippen molar-refractivity contribution < 1.29 is 14.6 Å². The zero-order valence-corrected chi connectivity index (χ0v) is 11.1. The van der Waals surface area contributed by atoms with Gasteiger partial charge in [0.25, 0.3) is 0 Å². The van der Waals surface area contributed by atoms with Crippen molar-refractivity contribution >= 4 is 22.2 Å². The van der Waals surface area contributed by atoms with E-state index in [-0.39, 0.29) is 5.75 Å². The summed E-state index contributed by atoms with van der Waals surface area (Å²) >= 11 is 3.30. The average molecular weight is 307 g/mol. The molecule has 0 saturated heterocycles. The highest BCUT2D eigenvalue weighted by Crippen LogP contribution is 2.22. The van der Waals surface area contributed by atoms with Crippen LogP contribution in [0.4, 0.5) is 0 Å². The second-order valence-electron chi connectivity index (χ2n) is 3.76. The molecule has 4 heteroatoms. The van der Waals surface area contributed by atoms with Gasteiger partial charge in [-0.25, -0.2) is 0 Å². The number of hydrogen-bond donors (Lipinski definition) is 1. The molecule has 0 aliphatic rings. The Hall–Kier alpha value is -1.81. The number of ether oxygens (including phenoxy) is 1. The molecule has 0 saturated carbocycles. The number of aldehydes is 1. The van der Waals surface area contributed by atoms with Crippen LogP contribution in [0.2, 0.25) is 0 Å². The molecule has 18 heavy (non-hydrogen) atoms. The summed E-state index contributed by atoms with van der Waals surface area (Å²) in [6, 6.07) is 12.0. The zero-order valence-electron chi connectivity index (χ0n) is 9.47. The molecule has 92 valence electrons. The molecule has 0 spiro atoms. The van der Waals surface area contributed by atoms with E-state index in [1.54, 1.807) is 36.4 Å². The minimum Gasteiger partial charge on any atom is -0.508 e. The second-order valence-corrected chi connectivity index (χ2v) is 4.67. The van der Waals surface area contributed by atoms with Gasteiger partial charge in [-0.1, -0.05) is 28.1 Å². The Morgan fingerprint density at radius 2 is 1.89 bits per heavy atom. The molecule has 0 fully saturated rings. The van der Waals surface area contributed by atoms with E-state index in [1.165, 1.54) is 0 Å². The quantitative estimate of drug-likeness (QED) is 0.879. The van der Waals surface area contributed by atoms with E-state index in [0.29, 0.717) is 17.9 Å². The highest BCUT2D eigenvalue weighted by Gasteiger charge is 2.04. The normalized spacial score (nSPS) is 10.1. The summed E-state index contributed by atoms with van der Waals surface area (Å²) in [7, 11) is 0. The Morgan fingerprint density at radius 1 is 1.17 bits per heavy atom. The molecule has 0 unspecified atom stereocenters. The van der Waals surface area contributed by atoms with Crippen molar-refractivity contribution in [1.29, 1.82) is 0 Å².